The molecule has 0 aromatic carbocycles. The lowest BCUT2D eigenvalue weighted by Crippen LogP contribution is -2.18. The van der Waals surface area contributed by atoms with Crippen LogP contribution in [0, 0.1) is 0 Å². The maximum absolute atomic E-state index is 11.6. The number of hydrogen-bond donors (Lipinski definition) is 0. The van der Waals surface area contributed by atoms with Crippen molar-refractivity contribution in [3.8, 4) is 0 Å². The van der Waals surface area contributed by atoms with Gasteiger partial charge in [0.1, 0.15) is 6.23 Å². The highest BCUT2D eigenvalue weighted by molar-refractivity contribution is 7.89. The average molecular weight is 205 g/mol. The van der Waals surface area contributed by atoms with Gasteiger partial charge in [0.25, 0.3) is 0 Å². The third-order valence-corrected chi connectivity index (χ3v) is 4.58. The van der Waals surface area contributed by atoms with Gasteiger partial charge in [-0.15, -0.1) is 0 Å². The Morgan fingerprint density at radius 2 is 2.31 bits per heavy atom. The van der Waals surface area contributed by atoms with Gasteiger partial charge in [0, 0.05) is 6.61 Å². The molecule has 13 heavy (non-hydrogen) atoms. The Morgan fingerprint density at radius 1 is 1.54 bits per heavy atom. The first kappa shape index (κ1) is 9.43. The molecule has 0 saturated carbocycles. The predicted molar refractivity (Wildman–Crippen MR) is 48.7 cm³/mol. The van der Waals surface area contributed by atoms with E-state index in [2.05, 4.69) is 0 Å². The molecular weight excluding hydrogens is 190 g/mol. The monoisotopic (exact) mass is 205 g/mol. The van der Waals surface area contributed by atoms with Gasteiger partial charge in [-0.05, 0) is 19.3 Å². The Kier molecular flexibility index (Phi) is 2.33. The molecule has 2 heterocycles. The molecule has 0 spiro atoms. The van der Waals surface area contributed by atoms with Gasteiger partial charge in [0.2, 0.25) is 10.0 Å². The van der Waals surface area contributed by atoms with E-state index in [9.17, 15) is 8.42 Å². The topological polar surface area (TPSA) is 46.4 Å². The van der Waals surface area contributed by atoms with Crippen LogP contribution in [0.25, 0.3) is 0 Å². The third kappa shape index (κ3) is 1.60. The van der Waals surface area contributed by atoms with Crippen molar-refractivity contribution in [2.75, 3.05) is 12.4 Å². The fraction of sp³-hybridized carbons (Fsp3) is 1.00. The van der Waals surface area contributed by atoms with E-state index in [1.807, 2.05) is 6.92 Å². The second-order valence-electron chi connectivity index (χ2n) is 3.62. The lowest BCUT2D eigenvalue weighted by Gasteiger charge is -2.04. The molecule has 2 rings (SSSR count). The van der Waals surface area contributed by atoms with Gasteiger partial charge < -0.3 is 4.74 Å². The molecule has 0 aromatic heterocycles. The van der Waals surface area contributed by atoms with Crippen molar-refractivity contribution < 1.29 is 13.2 Å². The summed E-state index contributed by atoms with van der Waals surface area (Å²) in [6, 6.07) is 0.158. The fourth-order valence-electron chi connectivity index (χ4n) is 1.91. The van der Waals surface area contributed by atoms with E-state index < -0.39 is 10.0 Å². The summed E-state index contributed by atoms with van der Waals surface area (Å²) in [6.45, 7) is 2.59. The molecule has 0 bridgehead atoms. The molecule has 0 radical (unpaired) electrons. The van der Waals surface area contributed by atoms with Crippen molar-refractivity contribution in [2.24, 2.45) is 0 Å². The minimum atomic E-state index is -3.01. The van der Waals surface area contributed by atoms with Crippen LogP contribution >= 0.6 is 0 Å². The zero-order valence-electron chi connectivity index (χ0n) is 7.77. The van der Waals surface area contributed by atoms with Crippen molar-refractivity contribution in [3.63, 3.8) is 0 Å². The van der Waals surface area contributed by atoms with E-state index in [1.54, 1.807) is 0 Å². The predicted octanol–water partition coefficient (Wildman–Crippen LogP) is 0.547. The second kappa shape index (κ2) is 3.22. The first-order chi connectivity index (χ1) is 6.17. The summed E-state index contributed by atoms with van der Waals surface area (Å²) in [6.07, 6.45) is 2.51. The van der Waals surface area contributed by atoms with Gasteiger partial charge in [-0.1, -0.05) is 6.92 Å². The van der Waals surface area contributed by atoms with Crippen LogP contribution in [0.2, 0.25) is 0 Å². The van der Waals surface area contributed by atoms with Gasteiger partial charge in [-0.3, -0.25) is 0 Å². The summed E-state index contributed by atoms with van der Waals surface area (Å²) >= 11 is 0. The quantitative estimate of drug-likeness (QED) is 0.632. The Morgan fingerprint density at radius 3 is 2.85 bits per heavy atom. The largest absolute Gasteiger partial charge is 0.360 e. The van der Waals surface area contributed by atoms with Gasteiger partial charge in [0.05, 0.1) is 11.8 Å². The molecule has 2 fully saturated rings. The number of hydrogen-bond acceptors (Lipinski definition) is 3. The van der Waals surface area contributed by atoms with Crippen molar-refractivity contribution in [2.45, 2.75) is 38.5 Å². The molecule has 0 aliphatic carbocycles. The lowest BCUT2D eigenvalue weighted by atomic mass is 10.2. The van der Waals surface area contributed by atoms with Gasteiger partial charge in [-0.2, -0.15) is 4.31 Å². The van der Waals surface area contributed by atoms with E-state index in [-0.39, 0.29) is 18.0 Å². The van der Waals surface area contributed by atoms with Crippen LogP contribution in [-0.4, -0.2) is 37.4 Å². The summed E-state index contributed by atoms with van der Waals surface area (Å²) in [5.74, 6) is 0.253. The highest BCUT2D eigenvalue weighted by Gasteiger charge is 2.56. The van der Waals surface area contributed by atoms with Crippen LogP contribution < -0.4 is 0 Å². The summed E-state index contributed by atoms with van der Waals surface area (Å²) in [5, 5.41) is 0. The zero-order valence-corrected chi connectivity index (χ0v) is 8.59. The molecule has 2 saturated heterocycles. The van der Waals surface area contributed by atoms with E-state index in [0.29, 0.717) is 13.0 Å². The maximum Gasteiger partial charge on any atom is 0.216 e. The molecule has 2 aliphatic heterocycles. The van der Waals surface area contributed by atoms with Crippen molar-refractivity contribution >= 4 is 10.0 Å². The average Bonchev–Trinajstić information content (AvgIpc) is 2.77. The second-order valence-corrected chi connectivity index (χ2v) is 5.61. The van der Waals surface area contributed by atoms with Crippen molar-refractivity contribution in [3.05, 3.63) is 0 Å². The Labute approximate surface area is 78.9 Å². The van der Waals surface area contributed by atoms with Gasteiger partial charge in [0.15, 0.2) is 0 Å². The lowest BCUT2D eigenvalue weighted by molar-refractivity contribution is 0.0787. The minimum absolute atomic E-state index is 0.120. The molecule has 0 amide bonds. The van der Waals surface area contributed by atoms with E-state index in [1.165, 1.54) is 4.31 Å². The first-order valence-corrected chi connectivity index (χ1v) is 6.40. The summed E-state index contributed by atoms with van der Waals surface area (Å²) in [7, 11) is -3.01. The molecule has 0 N–H and O–H groups in total. The normalized spacial score (nSPS) is 38.4. The summed E-state index contributed by atoms with van der Waals surface area (Å²) in [5.41, 5.74) is 0. The highest BCUT2D eigenvalue weighted by atomic mass is 32.2. The maximum atomic E-state index is 11.6. The van der Waals surface area contributed by atoms with E-state index in [0.717, 1.165) is 12.8 Å². The number of sulfonamides is 1. The van der Waals surface area contributed by atoms with Crippen LogP contribution in [0.4, 0.5) is 0 Å². The zero-order chi connectivity index (χ0) is 9.47. The van der Waals surface area contributed by atoms with Crippen LogP contribution in [0.3, 0.4) is 0 Å². The smallest absolute Gasteiger partial charge is 0.216 e. The van der Waals surface area contributed by atoms with Crippen LogP contribution in [0.15, 0.2) is 0 Å². The number of nitrogens with zero attached hydrogens (tertiary/aromatic N) is 1. The number of fused-ring (bicyclic) bond motifs is 1. The molecule has 2 aliphatic rings. The standard InChI is InChI=1S/C8H15NO3S/c1-2-6-13(10,11)9-7-4-3-5-12-8(7)9/h7-8H,2-6H2,1H3. The Bertz CT molecular complexity index is 276. The highest BCUT2D eigenvalue weighted by Crippen LogP contribution is 2.39. The molecule has 5 heteroatoms. The van der Waals surface area contributed by atoms with Crippen LogP contribution in [-0.2, 0) is 14.8 Å². The van der Waals surface area contributed by atoms with Crippen molar-refractivity contribution in [1.82, 2.24) is 4.31 Å². The van der Waals surface area contributed by atoms with Gasteiger partial charge in [-0.25, -0.2) is 8.42 Å². The van der Waals surface area contributed by atoms with E-state index in [4.69, 9.17) is 4.74 Å². The molecule has 76 valence electrons. The third-order valence-electron chi connectivity index (χ3n) is 2.53. The SMILES string of the molecule is CCCS(=O)(=O)N1C2CCCOC21. The Hall–Kier alpha value is -0.130. The number of ether oxygens (including phenoxy) is 1. The first-order valence-electron chi connectivity index (χ1n) is 4.79. The minimum Gasteiger partial charge on any atom is -0.360 e. The Balaban J connectivity index is 2.03. The van der Waals surface area contributed by atoms with Crippen LogP contribution in [0.5, 0.6) is 0 Å². The van der Waals surface area contributed by atoms with E-state index >= 15 is 0 Å². The van der Waals surface area contributed by atoms with Gasteiger partial charge >= 0.3 is 0 Å². The van der Waals surface area contributed by atoms with Crippen LogP contribution in [0.1, 0.15) is 26.2 Å². The van der Waals surface area contributed by atoms with Crippen molar-refractivity contribution in [1.29, 1.82) is 0 Å². The summed E-state index contributed by atoms with van der Waals surface area (Å²) < 4.78 is 30.1. The molecule has 4 nitrogen and oxygen atoms in total. The summed E-state index contributed by atoms with van der Waals surface area (Å²) in [4.78, 5) is 0. The fourth-order valence-corrected chi connectivity index (χ4v) is 3.73. The molecule has 3 atom stereocenters. The molecule has 3 unspecified atom stereocenters. The number of rotatable bonds is 3. The molecule has 0 aromatic rings. The molecular formula is C8H15NO3S.